The molecule has 0 radical (unpaired) electrons. The zero-order valence-corrected chi connectivity index (χ0v) is 12.6. The Balaban J connectivity index is 1.78. The molecule has 1 aliphatic rings. The van der Waals surface area contributed by atoms with Gasteiger partial charge in [-0.3, -0.25) is 4.79 Å². The van der Waals surface area contributed by atoms with E-state index in [4.69, 9.17) is 0 Å². The van der Waals surface area contributed by atoms with Crippen molar-refractivity contribution in [3.05, 3.63) is 29.8 Å². The van der Waals surface area contributed by atoms with Crippen molar-refractivity contribution in [1.29, 1.82) is 0 Å². The van der Waals surface area contributed by atoms with Crippen LogP contribution in [0.2, 0.25) is 0 Å². The molecule has 20 heavy (non-hydrogen) atoms. The molecule has 2 atom stereocenters. The van der Waals surface area contributed by atoms with E-state index in [1.807, 2.05) is 31.2 Å². The Kier molecular flexibility index (Phi) is 5.60. The third-order valence-corrected chi connectivity index (χ3v) is 4.22. The normalized spacial score (nSPS) is 23.1. The molecule has 2 unspecified atom stereocenters. The molecule has 110 valence electrons. The van der Waals surface area contributed by atoms with Gasteiger partial charge in [0.1, 0.15) is 0 Å². The van der Waals surface area contributed by atoms with Crippen molar-refractivity contribution in [3.8, 4) is 0 Å². The number of amides is 1. The molecule has 2 N–H and O–H groups in total. The van der Waals surface area contributed by atoms with Gasteiger partial charge in [-0.2, -0.15) is 0 Å². The van der Waals surface area contributed by atoms with E-state index in [1.54, 1.807) is 0 Å². The molecule has 2 rings (SSSR count). The smallest absolute Gasteiger partial charge is 0.238 e. The molecule has 0 heterocycles. The highest BCUT2D eigenvalue weighted by Crippen LogP contribution is 2.22. The quantitative estimate of drug-likeness (QED) is 0.825. The number of hydrogen-bond acceptors (Lipinski definition) is 2. The highest BCUT2D eigenvalue weighted by molar-refractivity contribution is 5.92. The minimum atomic E-state index is 0.0466. The lowest BCUT2D eigenvalue weighted by molar-refractivity contribution is -0.115. The second kappa shape index (κ2) is 7.44. The maximum absolute atomic E-state index is 12.0. The van der Waals surface area contributed by atoms with Crippen LogP contribution in [0.1, 0.15) is 44.6 Å². The molecule has 1 amide bonds. The highest BCUT2D eigenvalue weighted by Gasteiger charge is 2.19. The summed E-state index contributed by atoms with van der Waals surface area (Å²) in [6.07, 6.45) is 6.41. The highest BCUT2D eigenvalue weighted by atomic mass is 16.1. The topological polar surface area (TPSA) is 41.1 Å². The SMILES string of the molecule is Cc1ccc(NC(=O)CNC2CCCCCC2C)cc1. The minimum absolute atomic E-state index is 0.0466. The van der Waals surface area contributed by atoms with Crippen molar-refractivity contribution in [3.63, 3.8) is 0 Å². The van der Waals surface area contributed by atoms with E-state index in [-0.39, 0.29) is 5.91 Å². The molecule has 0 saturated heterocycles. The summed E-state index contributed by atoms with van der Waals surface area (Å²) in [5.41, 5.74) is 2.07. The van der Waals surface area contributed by atoms with E-state index in [0.717, 1.165) is 5.69 Å². The number of carbonyl (C=O) groups excluding carboxylic acids is 1. The fraction of sp³-hybridized carbons (Fsp3) is 0.588. The number of hydrogen-bond donors (Lipinski definition) is 2. The van der Waals surface area contributed by atoms with Crippen LogP contribution in [-0.2, 0) is 4.79 Å². The number of benzene rings is 1. The van der Waals surface area contributed by atoms with Gasteiger partial charge in [0.25, 0.3) is 0 Å². The molecule has 1 saturated carbocycles. The predicted octanol–water partition coefficient (Wildman–Crippen LogP) is 3.49. The zero-order chi connectivity index (χ0) is 14.4. The van der Waals surface area contributed by atoms with E-state index in [2.05, 4.69) is 17.6 Å². The molecular formula is C17H26N2O. The first-order valence-corrected chi connectivity index (χ1v) is 7.75. The zero-order valence-electron chi connectivity index (χ0n) is 12.6. The van der Waals surface area contributed by atoms with Crippen molar-refractivity contribution in [1.82, 2.24) is 5.32 Å². The van der Waals surface area contributed by atoms with Crippen LogP contribution < -0.4 is 10.6 Å². The van der Waals surface area contributed by atoms with Gasteiger partial charge in [-0.15, -0.1) is 0 Å². The average molecular weight is 274 g/mol. The lowest BCUT2D eigenvalue weighted by atomic mass is 9.97. The predicted molar refractivity (Wildman–Crippen MR) is 83.8 cm³/mol. The van der Waals surface area contributed by atoms with Gasteiger partial charge in [0, 0.05) is 11.7 Å². The molecular weight excluding hydrogens is 248 g/mol. The largest absolute Gasteiger partial charge is 0.325 e. The number of carbonyl (C=O) groups is 1. The van der Waals surface area contributed by atoms with Crippen LogP contribution in [0, 0.1) is 12.8 Å². The summed E-state index contributed by atoms with van der Waals surface area (Å²) in [7, 11) is 0. The molecule has 0 aromatic heterocycles. The number of rotatable bonds is 4. The third-order valence-electron chi connectivity index (χ3n) is 4.22. The summed E-state index contributed by atoms with van der Waals surface area (Å²) in [6, 6.07) is 8.40. The van der Waals surface area contributed by atoms with Crippen LogP contribution in [0.25, 0.3) is 0 Å². The van der Waals surface area contributed by atoms with Crippen molar-refractivity contribution in [2.45, 2.75) is 52.0 Å². The van der Waals surface area contributed by atoms with E-state index < -0.39 is 0 Å². The van der Waals surface area contributed by atoms with Crippen LogP contribution in [0.3, 0.4) is 0 Å². The first kappa shape index (κ1) is 15.0. The van der Waals surface area contributed by atoms with Gasteiger partial charge < -0.3 is 10.6 Å². The Labute approximate surface area is 122 Å². The molecule has 0 aliphatic heterocycles. The number of aryl methyl sites for hydroxylation is 1. The number of anilines is 1. The second-order valence-corrected chi connectivity index (χ2v) is 6.02. The first-order valence-electron chi connectivity index (χ1n) is 7.75. The monoisotopic (exact) mass is 274 g/mol. The van der Waals surface area contributed by atoms with Gasteiger partial charge in [-0.1, -0.05) is 43.9 Å². The van der Waals surface area contributed by atoms with Crippen LogP contribution in [-0.4, -0.2) is 18.5 Å². The van der Waals surface area contributed by atoms with Gasteiger partial charge in [-0.25, -0.2) is 0 Å². The molecule has 3 nitrogen and oxygen atoms in total. The first-order chi connectivity index (χ1) is 9.65. The minimum Gasteiger partial charge on any atom is -0.325 e. The fourth-order valence-corrected chi connectivity index (χ4v) is 2.86. The Morgan fingerprint density at radius 1 is 1.15 bits per heavy atom. The molecule has 0 bridgehead atoms. The fourth-order valence-electron chi connectivity index (χ4n) is 2.86. The lowest BCUT2D eigenvalue weighted by Gasteiger charge is -2.22. The maximum Gasteiger partial charge on any atom is 0.238 e. The summed E-state index contributed by atoms with van der Waals surface area (Å²) >= 11 is 0. The van der Waals surface area contributed by atoms with E-state index in [0.29, 0.717) is 18.5 Å². The molecule has 1 fully saturated rings. The average Bonchev–Trinajstić information content (AvgIpc) is 2.64. The Morgan fingerprint density at radius 2 is 1.85 bits per heavy atom. The summed E-state index contributed by atoms with van der Waals surface area (Å²) in [5, 5.41) is 6.37. The Morgan fingerprint density at radius 3 is 2.60 bits per heavy atom. The van der Waals surface area contributed by atoms with Gasteiger partial charge in [0.15, 0.2) is 0 Å². The molecule has 1 aliphatic carbocycles. The van der Waals surface area contributed by atoms with Crippen molar-refractivity contribution < 1.29 is 4.79 Å². The van der Waals surface area contributed by atoms with Crippen LogP contribution in [0.15, 0.2) is 24.3 Å². The van der Waals surface area contributed by atoms with E-state index in [1.165, 1.54) is 37.7 Å². The summed E-state index contributed by atoms with van der Waals surface area (Å²) < 4.78 is 0. The third kappa shape index (κ3) is 4.64. The molecule has 3 heteroatoms. The van der Waals surface area contributed by atoms with Crippen molar-refractivity contribution >= 4 is 11.6 Å². The van der Waals surface area contributed by atoms with Crippen LogP contribution >= 0.6 is 0 Å². The van der Waals surface area contributed by atoms with E-state index in [9.17, 15) is 4.79 Å². The van der Waals surface area contributed by atoms with Gasteiger partial charge in [-0.05, 0) is 37.8 Å². The molecule has 1 aromatic rings. The maximum atomic E-state index is 12.0. The van der Waals surface area contributed by atoms with Crippen LogP contribution in [0.4, 0.5) is 5.69 Å². The van der Waals surface area contributed by atoms with Crippen LogP contribution in [0.5, 0.6) is 0 Å². The van der Waals surface area contributed by atoms with Crippen molar-refractivity contribution in [2.24, 2.45) is 5.92 Å². The van der Waals surface area contributed by atoms with Gasteiger partial charge >= 0.3 is 0 Å². The summed E-state index contributed by atoms with van der Waals surface area (Å²) in [5.74, 6) is 0.718. The molecule has 0 spiro atoms. The summed E-state index contributed by atoms with van der Waals surface area (Å²) in [6.45, 7) is 4.74. The van der Waals surface area contributed by atoms with Gasteiger partial charge in [0.05, 0.1) is 6.54 Å². The van der Waals surface area contributed by atoms with Crippen molar-refractivity contribution in [2.75, 3.05) is 11.9 Å². The Bertz CT molecular complexity index is 427. The van der Waals surface area contributed by atoms with E-state index >= 15 is 0 Å². The Hall–Kier alpha value is -1.35. The summed E-state index contributed by atoms with van der Waals surface area (Å²) in [4.78, 5) is 12.0. The standard InChI is InChI=1S/C17H26N2O/c1-13-8-10-15(11-9-13)19-17(20)12-18-16-7-5-3-4-6-14(16)2/h8-11,14,16,18H,3-7,12H2,1-2H3,(H,19,20). The second-order valence-electron chi connectivity index (χ2n) is 6.02. The number of nitrogens with one attached hydrogen (secondary N) is 2. The molecule has 1 aromatic carbocycles. The van der Waals surface area contributed by atoms with Gasteiger partial charge in [0.2, 0.25) is 5.91 Å². The lowest BCUT2D eigenvalue weighted by Crippen LogP contribution is -2.39.